The Labute approximate surface area is 219 Å². The molecule has 0 aromatic heterocycles. The van der Waals surface area contributed by atoms with Crippen LogP contribution in [0.25, 0.3) is 0 Å². The topological polar surface area (TPSA) is 121 Å². The van der Waals surface area contributed by atoms with Crippen LogP contribution in [0.5, 0.6) is 0 Å². The van der Waals surface area contributed by atoms with Crippen LogP contribution in [0.3, 0.4) is 0 Å². The molecule has 0 amide bonds. The standard InChI is InChI=1S/C30H42O7/c1-9-15(3)24(33)29-22(27(29,7)8)20-12-19(14-31)13-28(35)21(11-17(5)23(28)32)30(20,36)18(6)25(29)37-26(34)16(4)10-2/h10-12,15,18,20-22,25,31,35-36H,9,13-14H2,1-8H3/b16-10+/t15?,18-,20+,21-,22-,25-,28-,29-,30-/m1/s1. The lowest BCUT2D eigenvalue weighted by Crippen LogP contribution is -2.65. The first-order valence-electron chi connectivity index (χ1n) is 13.5. The molecular formula is C30H42O7. The molecule has 37 heavy (non-hydrogen) atoms. The molecule has 2 saturated carbocycles. The van der Waals surface area contributed by atoms with Crippen LogP contribution in [0.2, 0.25) is 0 Å². The average molecular weight is 515 g/mol. The van der Waals surface area contributed by atoms with Crippen molar-refractivity contribution in [2.24, 2.45) is 40.4 Å². The largest absolute Gasteiger partial charge is 0.458 e. The van der Waals surface area contributed by atoms with Crippen molar-refractivity contribution in [1.29, 1.82) is 0 Å². The van der Waals surface area contributed by atoms with Gasteiger partial charge in [0.1, 0.15) is 17.5 Å². The van der Waals surface area contributed by atoms with E-state index in [9.17, 15) is 29.7 Å². The quantitative estimate of drug-likeness (QED) is 0.282. The Bertz CT molecular complexity index is 1130. The third-order valence-electron chi connectivity index (χ3n) is 10.5. The fourth-order valence-corrected chi connectivity index (χ4v) is 8.19. The van der Waals surface area contributed by atoms with Crippen LogP contribution in [0.1, 0.15) is 68.2 Å². The lowest BCUT2D eigenvalue weighted by atomic mass is 9.56. The zero-order valence-electron chi connectivity index (χ0n) is 23.3. The minimum atomic E-state index is -1.93. The summed E-state index contributed by atoms with van der Waals surface area (Å²) in [4.78, 5) is 40.6. The Morgan fingerprint density at radius 3 is 2.41 bits per heavy atom. The molecular weight excluding hydrogens is 472 g/mol. The molecule has 7 nitrogen and oxygen atoms in total. The van der Waals surface area contributed by atoms with Crippen LogP contribution in [-0.4, -0.2) is 56.8 Å². The third kappa shape index (κ3) is 3.32. The Morgan fingerprint density at radius 2 is 1.86 bits per heavy atom. The summed E-state index contributed by atoms with van der Waals surface area (Å²) >= 11 is 0. The number of ketones is 2. The maximum absolute atomic E-state index is 14.2. The van der Waals surface area contributed by atoms with Gasteiger partial charge >= 0.3 is 5.97 Å². The van der Waals surface area contributed by atoms with Gasteiger partial charge in [-0.25, -0.2) is 4.79 Å². The molecule has 0 aromatic rings. The number of allylic oxidation sites excluding steroid dienone is 1. The van der Waals surface area contributed by atoms with E-state index in [0.29, 0.717) is 23.1 Å². The van der Waals surface area contributed by atoms with Crippen LogP contribution < -0.4 is 0 Å². The smallest absolute Gasteiger partial charge is 0.333 e. The van der Waals surface area contributed by atoms with Gasteiger partial charge in [-0.3, -0.25) is 9.59 Å². The zero-order valence-corrected chi connectivity index (χ0v) is 23.3. The molecule has 2 fully saturated rings. The van der Waals surface area contributed by atoms with E-state index in [0.717, 1.165) is 0 Å². The Hall–Kier alpha value is -2.09. The van der Waals surface area contributed by atoms with Gasteiger partial charge in [-0.2, -0.15) is 0 Å². The molecule has 0 aromatic carbocycles. The highest BCUT2D eigenvalue weighted by Gasteiger charge is 2.87. The first kappa shape index (κ1) is 27.9. The van der Waals surface area contributed by atoms with Gasteiger partial charge < -0.3 is 20.1 Å². The second-order valence-corrected chi connectivity index (χ2v) is 12.5. The van der Waals surface area contributed by atoms with Crippen LogP contribution in [0, 0.1) is 40.4 Å². The van der Waals surface area contributed by atoms with E-state index in [-0.39, 0.29) is 24.7 Å². The van der Waals surface area contributed by atoms with Crippen molar-refractivity contribution in [3.63, 3.8) is 0 Å². The number of aliphatic hydroxyl groups excluding tert-OH is 1. The Balaban J connectivity index is 1.99. The second-order valence-electron chi connectivity index (χ2n) is 12.5. The van der Waals surface area contributed by atoms with Crippen molar-refractivity contribution >= 4 is 17.5 Å². The molecule has 0 aliphatic heterocycles. The molecule has 4 aliphatic rings. The number of Topliss-reactive ketones (excluding diaryl/α,β-unsaturated/α-hetero) is 2. The summed E-state index contributed by atoms with van der Waals surface area (Å²) in [6.07, 6.45) is 4.63. The number of esters is 1. The summed E-state index contributed by atoms with van der Waals surface area (Å²) in [6, 6.07) is 0. The lowest BCUT2D eigenvalue weighted by Gasteiger charge is -2.53. The molecule has 1 unspecified atom stereocenters. The summed E-state index contributed by atoms with van der Waals surface area (Å²) in [6.45, 7) is 14.2. The third-order valence-corrected chi connectivity index (χ3v) is 10.5. The van der Waals surface area contributed by atoms with E-state index in [1.165, 1.54) is 0 Å². The summed E-state index contributed by atoms with van der Waals surface area (Å²) < 4.78 is 6.16. The van der Waals surface area contributed by atoms with Crippen molar-refractivity contribution in [2.75, 3.05) is 6.61 Å². The van der Waals surface area contributed by atoms with Gasteiger partial charge in [0.25, 0.3) is 0 Å². The van der Waals surface area contributed by atoms with E-state index >= 15 is 0 Å². The number of ether oxygens (including phenoxy) is 1. The molecule has 3 N–H and O–H groups in total. The van der Waals surface area contributed by atoms with Crippen LogP contribution >= 0.6 is 0 Å². The van der Waals surface area contributed by atoms with Crippen LogP contribution in [0.4, 0.5) is 0 Å². The lowest BCUT2D eigenvalue weighted by molar-refractivity contribution is -0.208. The van der Waals surface area contributed by atoms with E-state index < -0.39 is 63.6 Å². The van der Waals surface area contributed by atoms with E-state index in [1.807, 2.05) is 27.7 Å². The number of fused-ring (bicyclic) bond motifs is 5. The number of hydrogen-bond donors (Lipinski definition) is 3. The number of rotatable bonds is 6. The van der Waals surface area contributed by atoms with E-state index in [2.05, 4.69) is 0 Å². The van der Waals surface area contributed by atoms with E-state index in [1.54, 1.807) is 45.9 Å². The predicted molar refractivity (Wildman–Crippen MR) is 138 cm³/mol. The van der Waals surface area contributed by atoms with Crippen molar-refractivity contribution in [2.45, 2.75) is 85.5 Å². The Morgan fingerprint density at radius 1 is 1.24 bits per heavy atom. The summed E-state index contributed by atoms with van der Waals surface area (Å²) in [5.41, 5.74) is -4.11. The molecule has 4 aliphatic carbocycles. The average Bonchev–Trinajstić information content (AvgIpc) is 3.33. The molecule has 9 atom stereocenters. The summed E-state index contributed by atoms with van der Waals surface area (Å²) in [5, 5.41) is 34.7. The van der Waals surface area contributed by atoms with Crippen molar-refractivity contribution in [3.05, 3.63) is 34.9 Å². The van der Waals surface area contributed by atoms with Gasteiger partial charge in [-0.15, -0.1) is 0 Å². The molecule has 204 valence electrons. The van der Waals surface area contributed by atoms with Crippen LogP contribution in [0.15, 0.2) is 34.9 Å². The minimum Gasteiger partial charge on any atom is -0.458 e. The van der Waals surface area contributed by atoms with Gasteiger partial charge in [0, 0.05) is 35.7 Å². The molecule has 0 heterocycles. The van der Waals surface area contributed by atoms with Gasteiger partial charge in [0.2, 0.25) is 0 Å². The number of aliphatic hydroxyl groups is 3. The molecule has 4 rings (SSSR count). The van der Waals surface area contributed by atoms with Crippen LogP contribution in [-0.2, 0) is 19.1 Å². The number of carbonyl (C=O) groups excluding carboxylic acids is 3. The van der Waals surface area contributed by atoms with Crippen molar-refractivity contribution in [3.8, 4) is 0 Å². The minimum absolute atomic E-state index is 0.00232. The van der Waals surface area contributed by atoms with Crippen molar-refractivity contribution < 1.29 is 34.4 Å². The summed E-state index contributed by atoms with van der Waals surface area (Å²) in [5.74, 6) is -4.14. The first-order chi connectivity index (χ1) is 17.1. The van der Waals surface area contributed by atoms with Gasteiger partial charge in [-0.05, 0) is 49.7 Å². The maximum Gasteiger partial charge on any atom is 0.333 e. The van der Waals surface area contributed by atoms with Gasteiger partial charge in [0.05, 0.1) is 17.6 Å². The predicted octanol–water partition coefficient (Wildman–Crippen LogP) is 3.32. The molecule has 0 saturated heterocycles. The highest BCUT2D eigenvalue weighted by Crippen LogP contribution is 2.81. The van der Waals surface area contributed by atoms with Gasteiger partial charge in [0.15, 0.2) is 5.78 Å². The fourth-order valence-electron chi connectivity index (χ4n) is 8.19. The highest BCUT2D eigenvalue weighted by molar-refractivity contribution is 6.05. The van der Waals surface area contributed by atoms with Crippen molar-refractivity contribution in [1.82, 2.24) is 0 Å². The second kappa shape index (κ2) is 8.72. The first-order valence-corrected chi connectivity index (χ1v) is 13.5. The van der Waals surface area contributed by atoms with Gasteiger partial charge in [-0.1, -0.05) is 52.8 Å². The fraction of sp³-hybridized carbons (Fsp3) is 0.700. The molecule has 0 spiro atoms. The summed E-state index contributed by atoms with van der Waals surface area (Å²) in [7, 11) is 0. The number of hydrogen-bond acceptors (Lipinski definition) is 7. The normalized spacial score (nSPS) is 42.9. The zero-order chi connectivity index (χ0) is 27.9. The molecule has 0 bridgehead atoms. The van der Waals surface area contributed by atoms with E-state index in [4.69, 9.17) is 4.74 Å². The SMILES string of the molecule is C/C=C(\C)C(=O)O[C@@H]1[C@@H](C)[C@@]2(O)[C@@H](C=C(CO)C[C@]3(O)C(=O)C(C)=C[C@@H]23)[C@@H]2C(C)(C)[C@]12C(=O)C(C)CC. The maximum atomic E-state index is 14.2. The monoisotopic (exact) mass is 514 g/mol. The molecule has 0 radical (unpaired) electrons. The molecule has 7 heteroatoms. The number of carbonyl (C=O) groups is 3. The highest BCUT2D eigenvalue weighted by atomic mass is 16.5. The Kier molecular flexibility index (Phi) is 6.58.